The fourth-order valence-electron chi connectivity index (χ4n) is 2.41. The van der Waals surface area contributed by atoms with E-state index in [4.69, 9.17) is 4.74 Å². The lowest BCUT2D eigenvalue weighted by Crippen LogP contribution is -2.35. The first-order valence-electron chi connectivity index (χ1n) is 6.79. The van der Waals surface area contributed by atoms with Gasteiger partial charge in [-0.2, -0.15) is 0 Å². The van der Waals surface area contributed by atoms with Gasteiger partial charge in [-0.05, 0) is 50.4 Å². The van der Waals surface area contributed by atoms with Crippen LogP contribution < -0.4 is 10.1 Å². The molecular weight excluding hydrogens is 226 g/mol. The molecule has 0 spiro atoms. The SMILES string of the molecule is Cc1cccc(OCCC(O)C2CCCN2)c1C. The lowest BCUT2D eigenvalue weighted by molar-refractivity contribution is 0.107. The molecule has 18 heavy (non-hydrogen) atoms. The summed E-state index contributed by atoms with van der Waals surface area (Å²) in [4.78, 5) is 0. The van der Waals surface area contributed by atoms with E-state index in [0.717, 1.165) is 18.7 Å². The molecule has 1 aromatic rings. The standard InChI is InChI=1S/C15H23NO2/c1-11-5-3-7-15(12(11)2)18-10-8-14(17)13-6-4-9-16-13/h3,5,7,13-14,16-17H,4,6,8-10H2,1-2H3. The molecule has 1 aromatic carbocycles. The van der Waals surface area contributed by atoms with Crippen LogP contribution in [0.25, 0.3) is 0 Å². The molecule has 0 radical (unpaired) electrons. The topological polar surface area (TPSA) is 41.5 Å². The zero-order chi connectivity index (χ0) is 13.0. The number of nitrogens with one attached hydrogen (secondary N) is 1. The third-order valence-corrected chi connectivity index (χ3v) is 3.79. The van der Waals surface area contributed by atoms with Gasteiger partial charge in [0.15, 0.2) is 0 Å². The van der Waals surface area contributed by atoms with Gasteiger partial charge in [-0.25, -0.2) is 0 Å². The summed E-state index contributed by atoms with van der Waals surface area (Å²) in [6.45, 7) is 5.75. The number of hydrogen-bond donors (Lipinski definition) is 2. The number of aliphatic hydroxyl groups is 1. The van der Waals surface area contributed by atoms with Gasteiger partial charge in [0, 0.05) is 12.5 Å². The summed E-state index contributed by atoms with van der Waals surface area (Å²) in [5.74, 6) is 0.932. The van der Waals surface area contributed by atoms with Gasteiger partial charge < -0.3 is 15.2 Å². The molecule has 100 valence electrons. The molecule has 1 aliphatic rings. The summed E-state index contributed by atoms with van der Waals surface area (Å²) in [5.41, 5.74) is 2.43. The Kier molecular flexibility index (Phi) is 4.61. The van der Waals surface area contributed by atoms with Crippen LogP contribution in [0.4, 0.5) is 0 Å². The van der Waals surface area contributed by atoms with E-state index >= 15 is 0 Å². The molecule has 2 rings (SSSR count). The van der Waals surface area contributed by atoms with Gasteiger partial charge in [0.2, 0.25) is 0 Å². The molecule has 2 atom stereocenters. The first kappa shape index (κ1) is 13.4. The third-order valence-electron chi connectivity index (χ3n) is 3.79. The molecule has 3 heteroatoms. The molecule has 0 saturated carbocycles. The van der Waals surface area contributed by atoms with Crippen molar-refractivity contribution in [1.82, 2.24) is 5.32 Å². The minimum absolute atomic E-state index is 0.257. The Balaban J connectivity index is 1.79. The molecule has 1 aliphatic heterocycles. The molecule has 1 fully saturated rings. The highest BCUT2D eigenvalue weighted by molar-refractivity contribution is 5.38. The van der Waals surface area contributed by atoms with Crippen LogP contribution in [0.2, 0.25) is 0 Å². The van der Waals surface area contributed by atoms with Crippen LogP contribution in [0.5, 0.6) is 5.75 Å². The van der Waals surface area contributed by atoms with Crippen molar-refractivity contribution in [2.45, 2.75) is 45.3 Å². The van der Waals surface area contributed by atoms with E-state index in [1.54, 1.807) is 0 Å². The summed E-state index contributed by atoms with van der Waals surface area (Å²) in [5, 5.41) is 13.3. The van der Waals surface area contributed by atoms with E-state index < -0.39 is 0 Å². The molecule has 1 saturated heterocycles. The van der Waals surface area contributed by atoms with Gasteiger partial charge in [-0.1, -0.05) is 12.1 Å². The molecule has 0 aromatic heterocycles. The summed E-state index contributed by atoms with van der Waals surface area (Å²) in [6, 6.07) is 6.33. The van der Waals surface area contributed by atoms with Gasteiger partial charge in [0.05, 0.1) is 12.7 Å². The van der Waals surface area contributed by atoms with Crippen LogP contribution in [0.3, 0.4) is 0 Å². The quantitative estimate of drug-likeness (QED) is 0.840. The van der Waals surface area contributed by atoms with Crippen LogP contribution >= 0.6 is 0 Å². The Morgan fingerprint density at radius 3 is 3.00 bits per heavy atom. The molecule has 2 N–H and O–H groups in total. The maximum absolute atomic E-state index is 10.0. The van der Waals surface area contributed by atoms with E-state index in [1.807, 2.05) is 12.1 Å². The highest BCUT2D eigenvalue weighted by atomic mass is 16.5. The van der Waals surface area contributed by atoms with Crippen molar-refractivity contribution in [2.75, 3.05) is 13.2 Å². The summed E-state index contributed by atoms with van der Waals surface area (Å²) in [6.07, 6.45) is 2.63. The highest BCUT2D eigenvalue weighted by Gasteiger charge is 2.22. The number of benzene rings is 1. The van der Waals surface area contributed by atoms with Crippen molar-refractivity contribution in [3.05, 3.63) is 29.3 Å². The van der Waals surface area contributed by atoms with Crippen LogP contribution in [0.1, 0.15) is 30.4 Å². The van der Waals surface area contributed by atoms with Gasteiger partial charge >= 0.3 is 0 Å². The van der Waals surface area contributed by atoms with Crippen molar-refractivity contribution in [3.63, 3.8) is 0 Å². The van der Waals surface area contributed by atoms with E-state index in [0.29, 0.717) is 13.0 Å². The fourth-order valence-corrected chi connectivity index (χ4v) is 2.41. The van der Waals surface area contributed by atoms with Gasteiger partial charge in [0.25, 0.3) is 0 Å². The van der Waals surface area contributed by atoms with E-state index in [2.05, 4.69) is 25.2 Å². The fraction of sp³-hybridized carbons (Fsp3) is 0.600. The van der Waals surface area contributed by atoms with Crippen molar-refractivity contribution in [2.24, 2.45) is 0 Å². The third kappa shape index (κ3) is 3.24. The summed E-state index contributed by atoms with van der Waals surface area (Å²) in [7, 11) is 0. The molecular formula is C15H23NO2. The lowest BCUT2D eigenvalue weighted by atomic mass is 10.1. The highest BCUT2D eigenvalue weighted by Crippen LogP contribution is 2.21. The zero-order valence-corrected chi connectivity index (χ0v) is 11.3. The van der Waals surface area contributed by atoms with Crippen LogP contribution in [0.15, 0.2) is 18.2 Å². The zero-order valence-electron chi connectivity index (χ0n) is 11.3. The largest absolute Gasteiger partial charge is 0.493 e. The van der Waals surface area contributed by atoms with Crippen LogP contribution in [-0.2, 0) is 0 Å². The molecule has 1 heterocycles. The maximum atomic E-state index is 10.0. The minimum Gasteiger partial charge on any atom is -0.493 e. The second-order valence-electron chi connectivity index (χ2n) is 5.11. The Hall–Kier alpha value is -1.06. The monoisotopic (exact) mass is 249 g/mol. The Bertz CT molecular complexity index is 386. The average molecular weight is 249 g/mol. The van der Waals surface area contributed by atoms with E-state index in [1.165, 1.54) is 17.5 Å². The second-order valence-corrected chi connectivity index (χ2v) is 5.11. The van der Waals surface area contributed by atoms with Crippen molar-refractivity contribution in [1.29, 1.82) is 0 Å². The predicted molar refractivity (Wildman–Crippen MR) is 73.1 cm³/mol. The molecule has 0 aliphatic carbocycles. The lowest BCUT2D eigenvalue weighted by Gasteiger charge is -2.19. The van der Waals surface area contributed by atoms with Crippen molar-refractivity contribution >= 4 is 0 Å². The van der Waals surface area contributed by atoms with Crippen LogP contribution in [0, 0.1) is 13.8 Å². The van der Waals surface area contributed by atoms with E-state index in [-0.39, 0.29) is 12.1 Å². The Morgan fingerprint density at radius 1 is 1.44 bits per heavy atom. The summed E-state index contributed by atoms with van der Waals surface area (Å²) >= 11 is 0. The van der Waals surface area contributed by atoms with Crippen molar-refractivity contribution in [3.8, 4) is 5.75 Å². The first-order chi connectivity index (χ1) is 8.68. The van der Waals surface area contributed by atoms with Crippen LogP contribution in [-0.4, -0.2) is 30.4 Å². The Morgan fingerprint density at radius 2 is 2.28 bits per heavy atom. The molecule has 3 nitrogen and oxygen atoms in total. The van der Waals surface area contributed by atoms with Gasteiger partial charge in [0.1, 0.15) is 5.75 Å². The normalized spacial score (nSPS) is 20.9. The number of rotatable bonds is 5. The number of aliphatic hydroxyl groups excluding tert-OH is 1. The maximum Gasteiger partial charge on any atom is 0.122 e. The van der Waals surface area contributed by atoms with E-state index in [9.17, 15) is 5.11 Å². The van der Waals surface area contributed by atoms with Gasteiger partial charge in [-0.3, -0.25) is 0 Å². The Labute approximate surface area is 109 Å². The molecule has 0 bridgehead atoms. The van der Waals surface area contributed by atoms with Crippen molar-refractivity contribution < 1.29 is 9.84 Å². The average Bonchev–Trinajstić information content (AvgIpc) is 2.88. The first-order valence-corrected chi connectivity index (χ1v) is 6.79. The number of aryl methyl sites for hydroxylation is 1. The van der Waals surface area contributed by atoms with Gasteiger partial charge in [-0.15, -0.1) is 0 Å². The molecule has 2 unspecified atom stereocenters. The number of ether oxygens (including phenoxy) is 1. The minimum atomic E-state index is -0.294. The summed E-state index contributed by atoms with van der Waals surface area (Å²) < 4.78 is 5.76. The predicted octanol–water partition coefficient (Wildman–Crippen LogP) is 2.19. The molecule has 0 amide bonds. The number of hydrogen-bond acceptors (Lipinski definition) is 3. The smallest absolute Gasteiger partial charge is 0.122 e. The second kappa shape index (κ2) is 6.21.